The largest absolute Gasteiger partial charge is 0.484 e. The molecular formula is C21H22F3N3O3. The van der Waals surface area contributed by atoms with Crippen molar-refractivity contribution in [2.45, 2.75) is 13.1 Å². The Morgan fingerprint density at radius 3 is 2.30 bits per heavy atom. The van der Waals surface area contributed by atoms with E-state index in [9.17, 15) is 22.8 Å². The Hall–Kier alpha value is -3.23. The van der Waals surface area contributed by atoms with Gasteiger partial charge in [-0.15, -0.1) is 0 Å². The van der Waals surface area contributed by atoms with Gasteiger partial charge >= 0.3 is 6.18 Å². The first-order valence-electron chi connectivity index (χ1n) is 9.43. The summed E-state index contributed by atoms with van der Waals surface area (Å²) in [6, 6.07) is 11.6. The van der Waals surface area contributed by atoms with E-state index in [2.05, 4.69) is 10.2 Å². The SMILES string of the molecule is CC(=O)N1CCN(c2ccc(OCC(=O)Nc3cccc(C(F)(F)F)c3)cc2)CC1. The van der Waals surface area contributed by atoms with Crippen molar-refractivity contribution in [3.05, 3.63) is 54.1 Å². The van der Waals surface area contributed by atoms with Gasteiger partial charge in [-0.05, 0) is 42.5 Å². The standard InChI is InChI=1S/C21H22F3N3O3/c1-15(28)26-9-11-27(12-10-26)18-5-7-19(8-6-18)30-14-20(29)25-17-4-2-3-16(13-17)21(22,23)24/h2-8,13H,9-12,14H2,1H3,(H,25,29). The van der Waals surface area contributed by atoms with Gasteiger partial charge in [-0.2, -0.15) is 13.2 Å². The number of hydrogen-bond donors (Lipinski definition) is 1. The average Bonchev–Trinajstić information content (AvgIpc) is 2.72. The molecule has 3 rings (SSSR count). The van der Waals surface area contributed by atoms with E-state index in [1.54, 1.807) is 24.0 Å². The minimum atomic E-state index is -4.47. The monoisotopic (exact) mass is 421 g/mol. The smallest absolute Gasteiger partial charge is 0.416 e. The van der Waals surface area contributed by atoms with Crippen LogP contribution in [-0.4, -0.2) is 49.5 Å². The van der Waals surface area contributed by atoms with Crippen molar-refractivity contribution in [1.29, 1.82) is 0 Å². The minimum absolute atomic E-state index is 0.0541. The van der Waals surface area contributed by atoms with Gasteiger partial charge in [-0.1, -0.05) is 6.07 Å². The third-order valence-electron chi connectivity index (χ3n) is 4.77. The first-order valence-corrected chi connectivity index (χ1v) is 9.43. The van der Waals surface area contributed by atoms with Crippen LogP contribution < -0.4 is 15.0 Å². The average molecular weight is 421 g/mol. The van der Waals surface area contributed by atoms with Crippen LogP contribution in [0.25, 0.3) is 0 Å². The molecule has 2 aromatic carbocycles. The molecule has 160 valence electrons. The number of rotatable bonds is 5. The van der Waals surface area contributed by atoms with Crippen LogP contribution in [0, 0.1) is 0 Å². The maximum Gasteiger partial charge on any atom is 0.416 e. The lowest BCUT2D eigenvalue weighted by atomic mass is 10.2. The van der Waals surface area contributed by atoms with Gasteiger partial charge in [0.2, 0.25) is 5.91 Å². The second-order valence-corrected chi connectivity index (χ2v) is 6.90. The van der Waals surface area contributed by atoms with Gasteiger partial charge < -0.3 is 19.9 Å². The molecular weight excluding hydrogens is 399 g/mol. The van der Waals surface area contributed by atoms with Gasteiger partial charge in [-0.3, -0.25) is 9.59 Å². The summed E-state index contributed by atoms with van der Waals surface area (Å²) in [5.74, 6) is -0.0131. The summed E-state index contributed by atoms with van der Waals surface area (Å²) in [7, 11) is 0. The van der Waals surface area contributed by atoms with Crippen LogP contribution >= 0.6 is 0 Å². The fourth-order valence-corrected chi connectivity index (χ4v) is 3.15. The lowest BCUT2D eigenvalue weighted by Crippen LogP contribution is -2.48. The van der Waals surface area contributed by atoms with Gasteiger partial charge in [0.15, 0.2) is 6.61 Å². The summed E-state index contributed by atoms with van der Waals surface area (Å²) >= 11 is 0. The van der Waals surface area contributed by atoms with Crippen LogP contribution in [0.2, 0.25) is 0 Å². The molecule has 1 N–H and O–H groups in total. The maximum absolute atomic E-state index is 12.7. The number of carbonyl (C=O) groups excluding carboxylic acids is 2. The second-order valence-electron chi connectivity index (χ2n) is 6.90. The summed E-state index contributed by atoms with van der Waals surface area (Å²) in [5.41, 5.74) is 0.207. The molecule has 0 radical (unpaired) electrons. The van der Waals surface area contributed by atoms with Crippen molar-refractivity contribution in [1.82, 2.24) is 4.90 Å². The summed E-state index contributed by atoms with van der Waals surface area (Å²) < 4.78 is 43.6. The molecule has 1 saturated heterocycles. The van der Waals surface area contributed by atoms with E-state index in [-0.39, 0.29) is 18.2 Å². The number of carbonyl (C=O) groups is 2. The Morgan fingerprint density at radius 1 is 1.03 bits per heavy atom. The molecule has 1 fully saturated rings. The predicted octanol–water partition coefficient (Wildman–Crippen LogP) is 3.39. The zero-order chi connectivity index (χ0) is 21.7. The third-order valence-corrected chi connectivity index (χ3v) is 4.77. The molecule has 1 aliphatic heterocycles. The third kappa shape index (κ3) is 5.65. The topological polar surface area (TPSA) is 61.9 Å². The number of ether oxygens (including phenoxy) is 1. The molecule has 9 heteroatoms. The number of alkyl halides is 3. The number of halogens is 3. The number of amides is 2. The molecule has 0 aliphatic carbocycles. The number of nitrogens with one attached hydrogen (secondary N) is 1. The number of hydrogen-bond acceptors (Lipinski definition) is 4. The summed E-state index contributed by atoms with van der Waals surface area (Å²) in [4.78, 5) is 27.3. The predicted molar refractivity (Wildman–Crippen MR) is 106 cm³/mol. The fourth-order valence-electron chi connectivity index (χ4n) is 3.15. The molecule has 0 aromatic heterocycles. The van der Waals surface area contributed by atoms with Crippen molar-refractivity contribution in [3.63, 3.8) is 0 Å². The highest BCUT2D eigenvalue weighted by molar-refractivity contribution is 5.92. The van der Waals surface area contributed by atoms with Crippen LogP contribution in [0.15, 0.2) is 48.5 Å². The van der Waals surface area contributed by atoms with E-state index in [0.29, 0.717) is 18.8 Å². The second kappa shape index (κ2) is 9.06. The molecule has 0 atom stereocenters. The van der Waals surface area contributed by atoms with Crippen LogP contribution in [0.1, 0.15) is 12.5 Å². The van der Waals surface area contributed by atoms with E-state index in [1.807, 2.05) is 12.1 Å². The zero-order valence-electron chi connectivity index (χ0n) is 16.4. The number of anilines is 2. The summed E-state index contributed by atoms with van der Waals surface area (Å²) in [6.07, 6.45) is -4.47. The Labute approximate surface area is 172 Å². The van der Waals surface area contributed by atoms with Crippen molar-refractivity contribution < 1.29 is 27.5 Å². The van der Waals surface area contributed by atoms with Crippen LogP contribution in [0.5, 0.6) is 5.75 Å². The van der Waals surface area contributed by atoms with Gasteiger partial charge in [0, 0.05) is 44.5 Å². The number of benzene rings is 2. The molecule has 0 unspecified atom stereocenters. The molecule has 0 spiro atoms. The molecule has 6 nitrogen and oxygen atoms in total. The van der Waals surface area contributed by atoms with Crippen molar-refractivity contribution >= 4 is 23.2 Å². The Bertz CT molecular complexity index is 892. The van der Waals surface area contributed by atoms with Crippen molar-refractivity contribution in [2.24, 2.45) is 0 Å². The van der Waals surface area contributed by atoms with Crippen LogP contribution in [-0.2, 0) is 15.8 Å². The number of nitrogens with zero attached hydrogens (tertiary/aromatic N) is 2. The lowest BCUT2D eigenvalue weighted by molar-refractivity contribution is -0.137. The molecule has 1 heterocycles. The highest BCUT2D eigenvalue weighted by Crippen LogP contribution is 2.30. The molecule has 0 saturated carbocycles. The van der Waals surface area contributed by atoms with Gasteiger partial charge in [0.25, 0.3) is 5.91 Å². The summed E-state index contributed by atoms with van der Waals surface area (Å²) in [5, 5.41) is 2.40. The first-order chi connectivity index (χ1) is 14.2. The Balaban J connectivity index is 1.49. The highest BCUT2D eigenvalue weighted by atomic mass is 19.4. The maximum atomic E-state index is 12.7. The van der Waals surface area contributed by atoms with Crippen LogP contribution in [0.3, 0.4) is 0 Å². The van der Waals surface area contributed by atoms with Gasteiger partial charge in [0.1, 0.15) is 5.75 Å². The normalized spacial score (nSPS) is 14.4. The first kappa shape index (κ1) is 21.5. The molecule has 2 aromatic rings. The Morgan fingerprint density at radius 2 is 1.70 bits per heavy atom. The molecule has 1 aliphatic rings. The van der Waals surface area contributed by atoms with E-state index in [1.165, 1.54) is 12.1 Å². The van der Waals surface area contributed by atoms with Crippen molar-refractivity contribution in [3.8, 4) is 5.75 Å². The fraction of sp³-hybridized carbons (Fsp3) is 0.333. The lowest BCUT2D eigenvalue weighted by Gasteiger charge is -2.35. The van der Waals surface area contributed by atoms with E-state index >= 15 is 0 Å². The van der Waals surface area contributed by atoms with E-state index in [4.69, 9.17) is 4.74 Å². The number of piperazine rings is 1. The van der Waals surface area contributed by atoms with Gasteiger partial charge in [0.05, 0.1) is 5.56 Å². The Kier molecular flexibility index (Phi) is 6.49. The quantitative estimate of drug-likeness (QED) is 0.804. The van der Waals surface area contributed by atoms with Gasteiger partial charge in [-0.25, -0.2) is 0 Å². The highest BCUT2D eigenvalue weighted by Gasteiger charge is 2.30. The zero-order valence-corrected chi connectivity index (χ0v) is 16.4. The molecule has 2 amide bonds. The van der Waals surface area contributed by atoms with Crippen molar-refractivity contribution in [2.75, 3.05) is 43.0 Å². The van der Waals surface area contributed by atoms with E-state index in [0.717, 1.165) is 30.9 Å². The molecule has 30 heavy (non-hydrogen) atoms. The molecule has 0 bridgehead atoms. The van der Waals surface area contributed by atoms with E-state index < -0.39 is 17.6 Å². The minimum Gasteiger partial charge on any atom is -0.484 e. The summed E-state index contributed by atoms with van der Waals surface area (Å²) in [6.45, 7) is 4.04. The van der Waals surface area contributed by atoms with Crippen LogP contribution in [0.4, 0.5) is 24.5 Å².